The van der Waals surface area contributed by atoms with Crippen LogP contribution in [0, 0.1) is 0 Å². The number of amides is 3. The number of H-pyrrole nitrogens is 1. The molecule has 4 aromatic rings. The first-order valence-electron chi connectivity index (χ1n) is 12.6. The van der Waals surface area contributed by atoms with Crippen LogP contribution in [0.2, 0.25) is 0 Å². The zero-order chi connectivity index (χ0) is 28.2. The number of nitrogens with two attached hydrogens (primary N) is 3. The lowest BCUT2D eigenvalue weighted by atomic mass is 10.0. The molecule has 0 spiro atoms. The normalized spacial score (nSPS) is 14.8. The van der Waals surface area contributed by atoms with Crippen molar-refractivity contribution in [2.24, 2.45) is 22.2 Å². The van der Waals surface area contributed by atoms with Crippen LogP contribution in [0.3, 0.4) is 0 Å². The van der Waals surface area contributed by atoms with Crippen molar-refractivity contribution in [3.8, 4) is 0 Å². The van der Waals surface area contributed by atoms with E-state index in [-0.39, 0.29) is 18.9 Å². The van der Waals surface area contributed by atoms with E-state index in [1.165, 1.54) is 11.2 Å². The third-order valence-corrected chi connectivity index (χ3v) is 6.65. The van der Waals surface area contributed by atoms with Gasteiger partial charge >= 0.3 is 6.03 Å². The minimum Gasteiger partial charge on any atom is -0.351 e. The molecule has 0 fully saturated rings. The highest BCUT2D eigenvalue weighted by Crippen LogP contribution is 2.31. The maximum absolute atomic E-state index is 14.3. The van der Waals surface area contributed by atoms with Crippen LogP contribution in [0.15, 0.2) is 90.3 Å². The van der Waals surface area contributed by atoms with Crippen molar-refractivity contribution in [1.29, 1.82) is 0 Å². The van der Waals surface area contributed by atoms with Crippen LogP contribution >= 0.6 is 0 Å². The zero-order valence-corrected chi connectivity index (χ0v) is 21.5. The molecule has 2 heterocycles. The number of nitrogens with one attached hydrogen (secondary N) is 1. The number of hydrogen-bond donors (Lipinski definition) is 4. The number of primary amides is 1. The van der Waals surface area contributed by atoms with E-state index in [1.54, 1.807) is 79.0 Å². The molecule has 11 nitrogen and oxygen atoms in total. The van der Waals surface area contributed by atoms with Gasteiger partial charge in [0.05, 0.1) is 24.3 Å². The van der Waals surface area contributed by atoms with Gasteiger partial charge in [0.2, 0.25) is 6.17 Å². The summed E-state index contributed by atoms with van der Waals surface area (Å²) in [4.78, 5) is 55.1. The predicted molar refractivity (Wildman–Crippen MR) is 152 cm³/mol. The smallest absolute Gasteiger partial charge is 0.321 e. The number of carbonyl (C=O) groups is 3. The van der Waals surface area contributed by atoms with Crippen molar-refractivity contribution < 1.29 is 14.4 Å². The Balaban J connectivity index is 1.65. The van der Waals surface area contributed by atoms with E-state index in [4.69, 9.17) is 22.2 Å². The lowest BCUT2D eigenvalue weighted by molar-refractivity contribution is -0.119. The van der Waals surface area contributed by atoms with Gasteiger partial charge in [-0.25, -0.2) is 14.8 Å². The Kier molecular flexibility index (Phi) is 7.49. The molecule has 7 N–H and O–H groups in total. The van der Waals surface area contributed by atoms with Crippen LogP contribution in [-0.4, -0.2) is 46.1 Å². The molecule has 1 atom stereocenters. The summed E-state index contributed by atoms with van der Waals surface area (Å²) in [5.41, 5.74) is 21.6. The Morgan fingerprint density at radius 2 is 1.70 bits per heavy atom. The Bertz CT molecular complexity index is 1580. The average molecular weight is 537 g/mol. The monoisotopic (exact) mass is 536 g/mol. The number of para-hydroxylation sites is 1. The summed E-state index contributed by atoms with van der Waals surface area (Å²) in [7, 11) is 0. The van der Waals surface area contributed by atoms with Crippen molar-refractivity contribution in [3.63, 3.8) is 0 Å². The van der Waals surface area contributed by atoms with Gasteiger partial charge in [-0.15, -0.1) is 0 Å². The molecule has 1 unspecified atom stereocenters. The summed E-state index contributed by atoms with van der Waals surface area (Å²) < 4.78 is 0. The molecular weight excluding hydrogens is 508 g/mol. The van der Waals surface area contributed by atoms with E-state index in [9.17, 15) is 14.4 Å². The van der Waals surface area contributed by atoms with Crippen molar-refractivity contribution in [1.82, 2.24) is 9.97 Å². The lowest BCUT2D eigenvalue weighted by Gasteiger charge is -2.30. The number of ketones is 1. The standard InChI is InChI=1S/C29H28N8O3/c30-13-18-8-10-20(11-9-18)25(38)16-36-24-7-2-1-6-22(24)26(23-15-33-17-34-23)35-27(28(36)39)37(29(32)40)21-5-3-4-19(12-21)14-31/h1-12,15,17,27H,13-14,16,30-31H2,(H2,32,40)(H,33,34). The molecule has 11 heteroatoms. The van der Waals surface area contributed by atoms with E-state index in [1.807, 2.05) is 0 Å². The van der Waals surface area contributed by atoms with Crippen LogP contribution < -0.4 is 27.0 Å². The van der Waals surface area contributed by atoms with E-state index < -0.39 is 18.1 Å². The number of urea groups is 1. The van der Waals surface area contributed by atoms with E-state index in [2.05, 4.69) is 9.97 Å². The fraction of sp³-hybridized carbons (Fsp3) is 0.138. The van der Waals surface area contributed by atoms with Crippen molar-refractivity contribution in [2.75, 3.05) is 16.3 Å². The fourth-order valence-electron chi connectivity index (χ4n) is 4.62. The van der Waals surface area contributed by atoms with Gasteiger partial charge in [0.25, 0.3) is 5.91 Å². The second-order valence-corrected chi connectivity index (χ2v) is 9.15. The molecule has 1 aliphatic heterocycles. The molecule has 0 saturated heterocycles. The zero-order valence-electron chi connectivity index (χ0n) is 21.5. The number of benzene rings is 3. The summed E-state index contributed by atoms with van der Waals surface area (Å²) in [6, 6.07) is 19.9. The molecule has 1 aliphatic rings. The Hall–Kier alpha value is -5.13. The molecule has 0 bridgehead atoms. The van der Waals surface area contributed by atoms with Gasteiger partial charge in [0.1, 0.15) is 5.69 Å². The topological polar surface area (TPSA) is 177 Å². The molecule has 0 saturated carbocycles. The number of anilines is 2. The number of benzodiazepines with no additional fused rings is 1. The first kappa shape index (κ1) is 26.5. The number of rotatable bonds is 8. The minimum absolute atomic E-state index is 0.218. The molecule has 3 amide bonds. The van der Waals surface area contributed by atoms with E-state index >= 15 is 0 Å². The molecule has 1 aromatic heterocycles. The molecule has 202 valence electrons. The van der Waals surface area contributed by atoms with Gasteiger partial charge in [-0.05, 0) is 29.3 Å². The van der Waals surface area contributed by atoms with Gasteiger partial charge in [0, 0.05) is 36.1 Å². The molecule has 0 aliphatic carbocycles. The molecule has 40 heavy (non-hydrogen) atoms. The number of aromatic nitrogens is 2. The predicted octanol–water partition coefficient (Wildman–Crippen LogP) is 2.31. The Morgan fingerprint density at radius 1 is 0.950 bits per heavy atom. The van der Waals surface area contributed by atoms with Gasteiger partial charge in [-0.2, -0.15) is 0 Å². The second kappa shape index (κ2) is 11.3. The van der Waals surface area contributed by atoms with E-state index in [0.717, 1.165) is 16.0 Å². The third kappa shape index (κ3) is 5.10. The molecular formula is C29H28N8O3. The van der Waals surface area contributed by atoms with Crippen LogP contribution in [0.1, 0.15) is 32.7 Å². The van der Waals surface area contributed by atoms with Gasteiger partial charge in [-0.3, -0.25) is 14.5 Å². The van der Waals surface area contributed by atoms with Crippen LogP contribution in [0.25, 0.3) is 0 Å². The highest BCUT2D eigenvalue weighted by molar-refractivity contribution is 6.21. The highest BCUT2D eigenvalue weighted by Gasteiger charge is 2.39. The number of fused-ring (bicyclic) bond motifs is 1. The fourth-order valence-corrected chi connectivity index (χ4v) is 4.62. The van der Waals surface area contributed by atoms with Crippen molar-refractivity contribution in [3.05, 3.63) is 113 Å². The third-order valence-electron chi connectivity index (χ3n) is 6.65. The summed E-state index contributed by atoms with van der Waals surface area (Å²) in [6.45, 7) is 0.263. The minimum atomic E-state index is -1.43. The maximum atomic E-state index is 14.3. The van der Waals surface area contributed by atoms with E-state index in [0.29, 0.717) is 40.5 Å². The maximum Gasteiger partial charge on any atom is 0.321 e. The van der Waals surface area contributed by atoms with Crippen LogP contribution in [-0.2, 0) is 17.9 Å². The number of nitrogens with zero attached hydrogens (tertiary/aromatic N) is 4. The first-order valence-corrected chi connectivity index (χ1v) is 12.6. The van der Waals surface area contributed by atoms with Crippen molar-refractivity contribution in [2.45, 2.75) is 19.3 Å². The van der Waals surface area contributed by atoms with Crippen LogP contribution in [0.4, 0.5) is 16.2 Å². The first-order chi connectivity index (χ1) is 19.4. The Morgan fingerprint density at radius 3 is 2.38 bits per heavy atom. The molecule has 3 aromatic carbocycles. The number of carbonyl (C=O) groups excluding carboxylic acids is 3. The molecule has 5 rings (SSSR count). The van der Waals surface area contributed by atoms with Crippen molar-refractivity contribution >= 4 is 34.8 Å². The quantitative estimate of drug-likeness (QED) is 0.251. The summed E-state index contributed by atoms with van der Waals surface area (Å²) in [6.07, 6.45) is 1.70. The summed E-state index contributed by atoms with van der Waals surface area (Å²) in [5, 5.41) is 0. The molecule has 0 radical (unpaired) electrons. The van der Waals surface area contributed by atoms with Gasteiger partial charge in [-0.1, -0.05) is 54.6 Å². The number of imidazole rings is 1. The van der Waals surface area contributed by atoms with Gasteiger partial charge in [0.15, 0.2) is 5.78 Å². The van der Waals surface area contributed by atoms with Crippen LogP contribution in [0.5, 0.6) is 0 Å². The SMILES string of the molecule is NCc1ccc(C(=O)CN2C(=O)C(N(C(N)=O)c3cccc(CN)c3)N=C(c3c[nH]cn3)c3ccccc32)cc1. The number of hydrogen-bond acceptors (Lipinski definition) is 7. The number of aliphatic imine (C=N–C) groups is 1. The number of aromatic amines is 1. The lowest BCUT2D eigenvalue weighted by Crippen LogP contribution is -2.53. The number of Topliss-reactive ketones (excluding diaryl/α,β-unsaturated/α-hetero) is 1. The largest absolute Gasteiger partial charge is 0.351 e. The summed E-state index contributed by atoms with van der Waals surface area (Å²) >= 11 is 0. The summed E-state index contributed by atoms with van der Waals surface area (Å²) in [5.74, 6) is -0.911. The average Bonchev–Trinajstić information content (AvgIpc) is 3.49. The highest BCUT2D eigenvalue weighted by atomic mass is 16.2. The van der Waals surface area contributed by atoms with Gasteiger partial charge < -0.3 is 27.1 Å². The Labute approximate surface area is 230 Å². The second-order valence-electron chi connectivity index (χ2n) is 9.15.